The van der Waals surface area contributed by atoms with Gasteiger partial charge < -0.3 is 16.2 Å². The Kier molecular flexibility index (Phi) is 4.25. The largest absolute Gasteiger partial charge is 0.478 e. The SMILES string of the molecule is CCc1ccc(CNc2cccc(C(=O)O)c2N)cc1. The quantitative estimate of drug-likeness (QED) is 0.730. The number of hydrogen-bond acceptors (Lipinski definition) is 3. The zero-order valence-corrected chi connectivity index (χ0v) is 11.4. The molecule has 0 aliphatic carbocycles. The molecule has 0 fully saturated rings. The first kappa shape index (κ1) is 13.9. The van der Waals surface area contributed by atoms with E-state index >= 15 is 0 Å². The third-order valence-corrected chi connectivity index (χ3v) is 3.25. The summed E-state index contributed by atoms with van der Waals surface area (Å²) in [5, 5.41) is 12.2. The lowest BCUT2D eigenvalue weighted by atomic mass is 10.1. The second kappa shape index (κ2) is 6.10. The molecule has 0 saturated carbocycles. The molecule has 0 atom stereocenters. The third kappa shape index (κ3) is 3.09. The molecule has 2 aromatic rings. The standard InChI is InChI=1S/C16H18N2O2/c1-2-11-6-8-12(9-7-11)10-18-14-5-3-4-13(15(14)17)16(19)20/h3-9,18H,2,10,17H2,1H3,(H,19,20). The Bertz CT molecular complexity index is 606. The van der Waals surface area contributed by atoms with Gasteiger partial charge in [0.25, 0.3) is 0 Å². The van der Waals surface area contributed by atoms with Gasteiger partial charge in [-0.2, -0.15) is 0 Å². The van der Waals surface area contributed by atoms with Gasteiger partial charge in [0, 0.05) is 6.54 Å². The maximum absolute atomic E-state index is 11.0. The van der Waals surface area contributed by atoms with Crippen LogP contribution in [-0.2, 0) is 13.0 Å². The molecular weight excluding hydrogens is 252 g/mol. The van der Waals surface area contributed by atoms with Crippen LogP contribution in [0.1, 0.15) is 28.4 Å². The lowest BCUT2D eigenvalue weighted by Gasteiger charge is -2.11. The van der Waals surface area contributed by atoms with Gasteiger partial charge in [-0.05, 0) is 29.7 Å². The number of nitrogens with one attached hydrogen (secondary N) is 1. The highest BCUT2D eigenvalue weighted by Crippen LogP contribution is 2.23. The summed E-state index contributed by atoms with van der Waals surface area (Å²) in [6.07, 6.45) is 1.02. The van der Waals surface area contributed by atoms with Gasteiger partial charge in [-0.25, -0.2) is 4.79 Å². The minimum atomic E-state index is -1.02. The predicted octanol–water partition coefficient (Wildman–Crippen LogP) is 3.14. The molecular formula is C16H18N2O2. The molecule has 0 spiro atoms. The first-order valence-electron chi connectivity index (χ1n) is 6.55. The van der Waals surface area contributed by atoms with Gasteiger partial charge in [0.2, 0.25) is 0 Å². The summed E-state index contributed by atoms with van der Waals surface area (Å²) < 4.78 is 0. The number of nitrogens with two attached hydrogens (primary N) is 1. The van der Waals surface area contributed by atoms with Crippen LogP contribution in [0.15, 0.2) is 42.5 Å². The Morgan fingerprint density at radius 2 is 1.80 bits per heavy atom. The van der Waals surface area contributed by atoms with Crippen molar-refractivity contribution >= 4 is 17.3 Å². The number of hydrogen-bond donors (Lipinski definition) is 3. The van der Waals surface area contributed by atoms with E-state index in [0.29, 0.717) is 12.2 Å². The summed E-state index contributed by atoms with van der Waals surface area (Å²) in [5.41, 5.74) is 9.30. The minimum absolute atomic E-state index is 0.122. The maximum atomic E-state index is 11.0. The molecule has 20 heavy (non-hydrogen) atoms. The number of carboxylic acid groups (broad SMARTS) is 1. The van der Waals surface area contributed by atoms with Crippen molar-refractivity contribution in [1.82, 2.24) is 0 Å². The fourth-order valence-electron chi connectivity index (χ4n) is 2.00. The molecule has 4 nitrogen and oxygen atoms in total. The Balaban J connectivity index is 2.10. The lowest BCUT2D eigenvalue weighted by molar-refractivity contribution is 0.0698. The molecule has 4 N–H and O–H groups in total. The van der Waals surface area contributed by atoms with Gasteiger partial charge in [0.05, 0.1) is 16.9 Å². The van der Waals surface area contributed by atoms with Crippen molar-refractivity contribution in [3.8, 4) is 0 Å². The first-order valence-corrected chi connectivity index (χ1v) is 6.55. The zero-order valence-electron chi connectivity index (χ0n) is 11.4. The summed E-state index contributed by atoms with van der Waals surface area (Å²) in [4.78, 5) is 11.0. The molecule has 104 valence electrons. The van der Waals surface area contributed by atoms with Crippen LogP contribution in [0.4, 0.5) is 11.4 Å². The zero-order chi connectivity index (χ0) is 14.5. The number of carbonyl (C=O) groups is 1. The van der Waals surface area contributed by atoms with Crippen LogP contribution in [0, 0.1) is 0 Å². The van der Waals surface area contributed by atoms with E-state index in [4.69, 9.17) is 10.8 Å². The first-order chi connectivity index (χ1) is 9.61. The van der Waals surface area contributed by atoms with E-state index in [2.05, 4.69) is 36.5 Å². The average Bonchev–Trinajstić information content (AvgIpc) is 2.46. The van der Waals surface area contributed by atoms with Crippen LogP contribution >= 0.6 is 0 Å². The molecule has 0 unspecified atom stereocenters. The molecule has 0 saturated heterocycles. The van der Waals surface area contributed by atoms with Crippen molar-refractivity contribution in [2.45, 2.75) is 19.9 Å². The lowest BCUT2D eigenvalue weighted by Crippen LogP contribution is -2.07. The van der Waals surface area contributed by atoms with E-state index in [1.165, 1.54) is 11.6 Å². The number of rotatable bonds is 5. The Hall–Kier alpha value is -2.49. The van der Waals surface area contributed by atoms with E-state index in [1.54, 1.807) is 12.1 Å². The highest BCUT2D eigenvalue weighted by atomic mass is 16.4. The third-order valence-electron chi connectivity index (χ3n) is 3.25. The molecule has 4 heteroatoms. The number of benzene rings is 2. The van der Waals surface area contributed by atoms with Crippen LogP contribution in [-0.4, -0.2) is 11.1 Å². The Morgan fingerprint density at radius 1 is 1.15 bits per heavy atom. The Labute approximate surface area is 118 Å². The minimum Gasteiger partial charge on any atom is -0.478 e. The summed E-state index contributed by atoms with van der Waals surface area (Å²) >= 11 is 0. The molecule has 2 aromatic carbocycles. The number of para-hydroxylation sites is 1. The molecule has 0 aliphatic heterocycles. The summed E-state index contributed by atoms with van der Waals surface area (Å²) in [6.45, 7) is 2.72. The summed E-state index contributed by atoms with van der Waals surface area (Å²) in [6, 6.07) is 13.3. The molecule has 0 aliphatic rings. The van der Waals surface area contributed by atoms with Gasteiger partial charge in [-0.1, -0.05) is 37.3 Å². The maximum Gasteiger partial charge on any atom is 0.337 e. The van der Waals surface area contributed by atoms with Crippen molar-refractivity contribution in [1.29, 1.82) is 0 Å². The van der Waals surface area contributed by atoms with Gasteiger partial charge in [-0.3, -0.25) is 0 Å². The van der Waals surface area contributed by atoms with E-state index < -0.39 is 5.97 Å². The number of aryl methyl sites for hydroxylation is 1. The van der Waals surface area contributed by atoms with Crippen molar-refractivity contribution in [2.75, 3.05) is 11.1 Å². The van der Waals surface area contributed by atoms with Crippen molar-refractivity contribution in [3.05, 3.63) is 59.2 Å². The average molecular weight is 270 g/mol. The van der Waals surface area contributed by atoms with Crippen LogP contribution in [0.25, 0.3) is 0 Å². The van der Waals surface area contributed by atoms with Crippen LogP contribution in [0.5, 0.6) is 0 Å². The van der Waals surface area contributed by atoms with E-state index in [0.717, 1.165) is 12.0 Å². The summed E-state index contributed by atoms with van der Waals surface area (Å²) in [5.74, 6) is -1.02. The normalized spacial score (nSPS) is 10.2. The molecule has 0 aromatic heterocycles. The van der Waals surface area contributed by atoms with E-state index in [9.17, 15) is 4.79 Å². The van der Waals surface area contributed by atoms with Gasteiger partial charge in [-0.15, -0.1) is 0 Å². The topological polar surface area (TPSA) is 75.3 Å². The van der Waals surface area contributed by atoms with E-state index in [-0.39, 0.29) is 11.3 Å². The Morgan fingerprint density at radius 3 is 2.40 bits per heavy atom. The number of aromatic carboxylic acids is 1. The second-order valence-corrected chi connectivity index (χ2v) is 4.60. The van der Waals surface area contributed by atoms with Crippen LogP contribution < -0.4 is 11.1 Å². The molecule has 0 radical (unpaired) electrons. The number of nitrogen functional groups attached to an aromatic ring is 1. The number of carboxylic acids is 1. The van der Waals surface area contributed by atoms with Gasteiger partial charge in [0.15, 0.2) is 0 Å². The highest BCUT2D eigenvalue weighted by molar-refractivity contribution is 5.97. The van der Waals surface area contributed by atoms with Crippen molar-refractivity contribution < 1.29 is 9.90 Å². The van der Waals surface area contributed by atoms with Crippen molar-refractivity contribution in [3.63, 3.8) is 0 Å². The summed E-state index contributed by atoms with van der Waals surface area (Å²) in [7, 11) is 0. The molecule has 2 rings (SSSR count). The fraction of sp³-hybridized carbons (Fsp3) is 0.188. The van der Waals surface area contributed by atoms with Crippen LogP contribution in [0.2, 0.25) is 0 Å². The molecule has 0 amide bonds. The van der Waals surface area contributed by atoms with Crippen LogP contribution in [0.3, 0.4) is 0 Å². The fourth-order valence-corrected chi connectivity index (χ4v) is 2.00. The van der Waals surface area contributed by atoms with Gasteiger partial charge in [0.1, 0.15) is 0 Å². The predicted molar refractivity (Wildman–Crippen MR) is 81.0 cm³/mol. The second-order valence-electron chi connectivity index (χ2n) is 4.60. The number of anilines is 2. The van der Waals surface area contributed by atoms with Crippen molar-refractivity contribution in [2.24, 2.45) is 0 Å². The van der Waals surface area contributed by atoms with E-state index in [1.807, 2.05) is 0 Å². The smallest absolute Gasteiger partial charge is 0.337 e. The van der Waals surface area contributed by atoms with Gasteiger partial charge >= 0.3 is 5.97 Å². The molecule has 0 heterocycles. The monoisotopic (exact) mass is 270 g/mol. The molecule has 0 bridgehead atoms. The highest BCUT2D eigenvalue weighted by Gasteiger charge is 2.10.